The van der Waals surface area contributed by atoms with Crippen LogP contribution in [0.1, 0.15) is 63.1 Å². The highest BCUT2D eigenvalue weighted by molar-refractivity contribution is 6.04. The minimum atomic E-state index is -4.63. The smallest absolute Gasteiger partial charge is 0.416 e. The van der Waals surface area contributed by atoms with Crippen molar-refractivity contribution in [3.8, 4) is 0 Å². The molecule has 0 aliphatic rings. The maximum Gasteiger partial charge on any atom is 0.416 e. The van der Waals surface area contributed by atoms with Crippen LogP contribution in [0.25, 0.3) is 0 Å². The Morgan fingerprint density at radius 3 is 2.46 bits per heavy atom. The number of nitrogens with one attached hydrogen (secondary N) is 1. The maximum atomic E-state index is 14.0. The largest absolute Gasteiger partial charge is 0.465 e. The first-order valence-corrected chi connectivity index (χ1v) is 12.2. The molecule has 2 aromatic carbocycles. The average molecular weight is 542 g/mol. The second-order valence-electron chi connectivity index (χ2n) is 8.66. The standard InChI is InChI=1S/C26H26F3N7O3/c1-3-4-13-22-30-14-21(35(22)15-17-9-5-7-11-19(17)24(38)39-2)23(37)36(25-31-33-34-32-25)16-18-10-6-8-12-20(18)26(27,28)29/h5-12,14H,3-4,13,15-16H2,1-2H3,(H,31,32,33,34). The number of aromatic amines is 1. The van der Waals surface area contributed by atoms with E-state index < -0.39 is 30.2 Å². The van der Waals surface area contributed by atoms with Gasteiger partial charge in [-0.15, -0.1) is 5.10 Å². The van der Waals surface area contributed by atoms with Crippen LogP contribution in [0.15, 0.2) is 54.7 Å². The molecular formula is C26H26F3N7O3. The second kappa shape index (κ2) is 11.9. The Balaban J connectivity index is 1.78. The molecule has 2 aromatic heterocycles. The summed E-state index contributed by atoms with van der Waals surface area (Å²) < 4.78 is 47.7. The number of hydrogen-bond donors (Lipinski definition) is 1. The maximum absolute atomic E-state index is 14.0. The van der Waals surface area contributed by atoms with E-state index in [2.05, 4.69) is 25.6 Å². The van der Waals surface area contributed by atoms with Gasteiger partial charge >= 0.3 is 12.1 Å². The molecule has 0 atom stereocenters. The van der Waals surface area contributed by atoms with Crippen LogP contribution in [-0.4, -0.2) is 49.2 Å². The van der Waals surface area contributed by atoms with Crippen LogP contribution < -0.4 is 4.90 Å². The fraction of sp³-hybridized carbons (Fsp3) is 0.308. The van der Waals surface area contributed by atoms with Crippen molar-refractivity contribution >= 4 is 17.8 Å². The number of unbranched alkanes of at least 4 members (excludes halogenated alkanes) is 1. The van der Waals surface area contributed by atoms with E-state index in [0.717, 1.165) is 23.8 Å². The zero-order valence-electron chi connectivity index (χ0n) is 21.3. The van der Waals surface area contributed by atoms with Gasteiger partial charge in [0.05, 0.1) is 37.5 Å². The Bertz CT molecular complexity index is 1430. The lowest BCUT2D eigenvalue weighted by atomic mass is 10.1. The predicted octanol–water partition coefficient (Wildman–Crippen LogP) is 4.44. The number of halogens is 3. The lowest BCUT2D eigenvalue weighted by Crippen LogP contribution is -2.34. The number of nitrogens with zero attached hydrogens (tertiary/aromatic N) is 6. The topological polar surface area (TPSA) is 119 Å². The van der Waals surface area contributed by atoms with E-state index in [1.165, 1.54) is 31.5 Å². The second-order valence-corrected chi connectivity index (χ2v) is 8.66. The van der Waals surface area contributed by atoms with Crippen molar-refractivity contribution in [2.24, 2.45) is 0 Å². The van der Waals surface area contributed by atoms with Gasteiger partial charge in [-0.25, -0.2) is 9.78 Å². The third-order valence-corrected chi connectivity index (χ3v) is 6.13. The molecule has 4 aromatic rings. The summed E-state index contributed by atoms with van der Waals surface area (Å²) in [6, 6.07) is 11.8. The molecule has 2 heterocycles. The Kier molecular flexibility index (Phi) is 8.37. The number of methoxy groups -OCH3 is 1. The van der Waals surface area contributed by atoms with Crippen molar-refractivity contribution in [1.29, 1.82) is 0 Å². The van der Waals surface area contributed by atoms with Crippen LogP contribution in [0.2, 0.25) is 0 Å². The van der Waals surface area contributed by atoms with E-state index in [0.29, 0.717) is 23.4 Å². The zero-order chi connectivity index (χ0) is 28.0. The molecule has 0 bridgehead atoms. The molecule has 13 heteroatoms. The summed E-state index contributed by atoms with van der Waals surface area (Å²) in [4.78, 5) is 31.8. The van der Waals surface area contributed by atoms with E-state index in [9.17, 15) is 22.8 Å². The van der Waals surface area contributed by atoms with Crippen molar-refractivity contribution in [3.05, 3.63) is 88.5 Å². The average Bonchev–Trinajstić information content (AvgIpc) is 3.60. The van der Waals surface area contributed by atoms with E-state index >= 15 is 0 Å². The number of alkyl halides is 3. The number of carbonyl (C=O) groups excluding carboxylic acids is 2. The zero-order valence-corrected chi connectivity index (χ0v) is 21.3. The number of tetrazole rings is 1. The predicted molar refractivity (Wildman–Crippen MR) is 134 cm³/mol. The summed E-state index contributed by atoms with van der Waals surface area (Å²) in [5.41, 5.74) is -0.0210. The fourth-order valence-electron chi connectivity index (χ4n) is 4.18. The molecule has 0 saturated heterocycles. The third kappa shape index (κ3) is 6.13. The van der Waals surface area contributed by atoms with Crippen molar-refractivity contribution in [2.75, 3.05) is 12.0 Å². The first-order valence-electron chi connectivity index (χ1n) is 12.2. The van der Waals surface area contributed by atoms with Gasteiger partial charge in [0.1, 0.15) is 11.5 Å². The molecular weight excluding hydrogens is 515 g/mol. The van der Waals surface area contributed by atoms with Crippen LogP contribution in [0, 0.1) is 0 Å². The summed E-state index contributed by atoms with van der Waals surface area (Å²) in [7, 11) is 1.28. The molecule has 10 nitrogen and oxygen atoms in total. The lowest BCUT2D eigenvalue weighted by molar-refractivity contribution is -0.138. The van der Waals surface area contributed by atoms with Gasteiger partial charge in [-0.1, -0.05) is 54.8 Å². The Morgan fingerprint density at radius 2 is 1.79 bits per heavy atom. The molecule has 39 heavy (non-hydrogen) atoms. The molecule has 0 unspecified atom stereocenters. The number of rotatable bonds is 10. The minimum absolute atomic E-state index is 0.0926. The number of carbonyl (C=O) groups is 2. The van der Waals surface area contributed by atoms with Crippen LogP contribution in [0.3, 0.4) is 0 Å². The molecule has 1 amide bonds. The fourth-order valence-corrected chi connectivity index (χ4v) is 4.18. The van der Waals surface area contributed by atoms with Gasteiger partial charge in [0.2, 0.25) is 0 Å². The number of esters is 1. The lowest BCUT2D eigenvalue weighted by Gasteiger charge is -2.22. The first kappa shape index (κ1) is 27.5. The number of aryl methyl sites for hydroxylation is 1. The van der Waals surface area contributed by atoms with Crippen molar-refractivity contribution in [3.63, 3.8) is 0 Å². The van der Waals surface area contributed by atoms with E-state index in [-0.39, 0.29) is 23.8 Å². The number of H-pyrrole nitrogens is 1. The number of ether oxygens (including phenoxy) is 1. The number of anilines is 1. The van der Waals surface area contributed by atoms with Gasteiger partial charge in [0.15, 0.2) is 0 Å². The molecule has 0 saturated carbocycles. The highest BCUT2D eigenvalue weighted by Gasteiger charge is 2.35. The minimum Gasteiger partial charge on any atom is -0.465 e. The van der Waals surface area contributed by atoms with Gasteiger partial charge in [-0.05, 0) is 34.9 Å². The Morgan fingerprint density at radius 1 is 1.08 bits per heavy atom. The number of hydrogen-bond acceptors (Lipinski definition) is 7. The Hall–Kier alpha value is -4.55. The van der Waals surface area contributed by atoms with E-state index in [4.69, 9.17) is 4.74 Å². The van der Waals surface area contributed by atoms with Crippen LogP contribution in [0.5, 0.6) is 0 Å². The number of amides is 1. The van der Waals surface area contributed by atoms with Crippen molar-refractivity contribution in [2.45, 2.75) is 45.5 Å². The highest BCUT2D eigenvalue weighted by atomic mass is 19.4. The van der Waals surface area contributed by atoms with Gasteiger partial charge in [-0.2, -0.15) is 18.4 Å². The molecule has 0 aliphatic heterocycles. The molecule has 0 radical (unpaired) electrons. The summed E-state index contributed by atoms with van der Waals surface area (Å²) in [6.45, 7) is 1.65. The van der Waals surface area contributed by atoms with Crippen molar-refractivity contribution in [1.82, 2.24) is 30.2 Å². The summed E-state index contributed by atoms with van der Waals surface area (Å²) in [5, 5.41) is 13.4. The third-order valence-electron chi connectivity index (χ3n) is 6.13. The monoisotopic (exact) mass is 541 g/mol. The van der Waals surface area contributed by atoms with Gasteiger partial charge < -0.3 is 9.30 Å². The number of imidazole rings is 1. The molecule has 0 aliphatic carbocycles. The molecule has 0 spiro atoms. The van der Waals surface area contributed by atoms with Gasteiger partial charge in [-0.3, -0.25) is 9.69 Å². The molecule has 4 rings (SSSR count). The number of benzene rings is 2. The normalized spacial score (nSPS) is 11.4. The Labute approximate surface area is 221 Å². The van der Waals surface area contributed by atoms with E-state index in [1.54, 1.807) is 28.8 Å². The van der Waals surface area contributed by atoms with E-state index in [1.807, 2.05) is 6.92 Å². The summed E-state index contributed by atoms with van der Waals surface area (Å²) in [6.07, 6.45) is -1.05. The summed E-state index contributed by atoms with van der Waals surface area (Å²) in [5.74, 6) is -0.830. The quantitative estimate of drug-likeness (QED) is 0.295. The molecule has 1 N–H and O–H groups in total. The van der Waals surface area contributed by atoms with Crippen LogP contribution >= 0.6 is 0 Å². The number of aromatic nitrogens is 6. The van der Waals surface area contributed by atoms with Crippen LogP contribution in [0.4, 0.5) is 19.1 Å². The van der Waals surface area contributed by atoms with Crippen molar-refractivity contribution < 1.29 is 27.5 Å². The highest BCUT2D eigenvalue weighted by Crippen LogP contribution is 2.33. The van der Waals surface area contributed by atoms with Gasteiger partial charge in [0.25, 0.3) is 11.9 Å². The molecule has 204 valence electrons. The van der Waals surface area contributed by atoms with Crippen LogP contribution in [-0.2, 0) is 30.4 Å². The first-order chi connectivity index (χ1) is 18.7. The molecule has 0 fully saturated rings. The summed E-state index contributed by atoms with van der Waals surface area (Å²) >= 11 is 0. The van der Waals surface area contributed by atoms with Gasteiger partial charge in [0, 0.05) is 6.42 Å². The SMILES string of the molecule is CCCCc1ncc(C(=O)N(Cc2ccccc2C(F)(F)F)c2nn[nH]n2)n1Cc1ccccc1C(=O)OC.